The van der Waals surface area contributed by atoms with Gasteiger partial charge in [-0.2, -0.15) is 0 Å². The normalized spacial score (nSPS) is 13.5. The standard InChI is InChI=1S/C20H23N5O5/c21-19(24-25(29)30)23-13-7-12-20(22,18(27)28)17(26)16(14-8-3-1-4-9-14)15-10-5-2-6-11-15/h1-6,8-11,16H,7,12-13,22H2,(H,27,28)(H3,21,23,24). The van der Waals surface area contributed by atoms with Crippen LogP contribution in [0.4, 0.5) is 0 Å². The van der Waals surface area contributed by atoms with Crippen molar-refractivity contribution in [3.63, 3.8) is 0 Å². The zero-order valence-electron chi connectivity index (χ0n) is 16.1. The fourth-order valence-corrected chi connectivity index (χ4v) is 3.09. The van der Waals surface area contributed by atoms with Crippen LogP contribution in [0.3, 0.4) is 0 Å². The third-order valence-electron chi connectivity index (χ3n) is 4.59. The predicted molar refractivity (Wildman–Crippen MR) is 110 cm³/mol. The average molecular weight is 413 g/mol. The second-order valence-corrected chi connectivity index (χ2v) is 6.65. The number of hydrogen-bond donors (Lipinski definition) is 4. The van der Waals surface area contributed by atoms with Gasteiger partial charge in [-0.15, -0.1) is 0 Å². The van der Waals surface area contributed by atoms with Gasteiger partial charge < -0.3 is 21.9 Å². The monoisotopic (exact) mass is 413 g/mol. The third kappa shape index (κ3) is 5.61. The summed E-state index contributed by atoms with van der Waals surface area (Å²) >= 11 is 0. The Morgan fingerprint density at radius 2 is 1.60 bits per heavy atom. The van der Waals surface area contributed by atoms with Crippen molar-refractivity contribution in [2.75, 3.05) is 6.54 Å². The van der Waals surface area contributed by atoms with Crippen molar-refractivity contribution in [2.24, 2.45) is 16.6 Å². The molecule has 0 fully saturated rings. The summed E-state index contributed by atoms with van der Waals surface area (Å²) < 4.78 is 0. The Balaban J connectivity index is 2.26. The molecular weight excluding hydrogens is 390 g/mol. The molecule has 2 rings (SSSR count). The van der Waals surface area contributed by atoms with Crippen LogP contribution >= 0.6 is 0 Å². The number of hydrogen-bond acceptors (Lipinski definition) is 5. The first kappa shape index (κ1) is 22.5. The van der Waals surface area contributed by atoms with Crippen LogP contribution in [0.5, 0.6) is 0 Å². The topological polar surface area (TPSA) is 174 Å². The number of hydrazone groups is 1. The van der Waals surface area contributed by atoms with Gasteiger partial charge in [0, 0.05) is 6.54 Å². The van der Waals surface area contributed by atoms with Gasteiger partial charge in [0.1, 0.15) is 5.10 Å². The summed E-state index contributed by atoms with van der Waals surface area (Å²) in [7, 11) is 0. The predicted octanol–water partition coefficient (Wildman–Crippen LogP) is 1.05. The highest BCUT2D eigenvalue weighted by Crippen LogP contribution is 2.30. The molecule has 0 spiro atoms. The van der Waals surface area contributed by atoms with E-state index in [0.29, 0.717) is 11.1 Å². The molecule has 0 saturated heterocycles. The van der Waals surface area contributed by atoms with E-state index in [4.69, 9.17) is 11.5 Å². The number of nitrogens with one attached hydrogen (secondary N) is 1. The van der Waals surface area contributed by atoms with Gasteiger partial charge in [0.25, 0.3) is 5.96 Å². The molecule has 0 aromatic heterocycles. The minimum absolute atomic E-state index is 0.0595. The Labute approximate surface area is 172 Å². The molecule has 0 bridgehead atoms. The zero-order valence-corrected chi connectivity index (χ0v) is 16.1. The molecule has 0 heterocycles. The lowest BCUT2D eigenvalue weighted by molar-refractivity contribution is -0.485. The summed E-state index contributed by atoms with van der Waals surface area (Å²) in [5, 5.41) is 24.5. The van der Waals surface area contributed by atoms with E-state index in [2.05, 4.69) is 10.4 Å². The molecular formula is C20H23N5O5. The number of nitro groups is 1. The van der Waals surface area contributed by atoms with Gasteiger partial charge in [-0.05, 0) is 24.0 Å². The number of guanidine groups is 1. The second kappa shape index (κ2) is 10.1. The number of Topliss-reactive ketones (excluding diaryl/α,β-unsaturated/α-hetero) is 1. The molecule has 0 amide bonds. The maximum absolute atomic E-state index is 13.4. The first-order valence-corrected chi connectivity index (χ1v) is 9.14. The van der Waals surface area contributed by atoms with Gasteiger partial charge in [-0.25, -0.2) is 14.9 Å². The Bertz CT molecular complexity index is 880. The lowest BCUT2D eigenvalue weighted by atomic mass is 9.77. The third-order valence-corrected chi connectivity index (χ3v) is 4.59. The number of carboxylic acid groups (broad SMARTS) is 1. The van der Waals surface area contributed by atoms with E-state index in [1.165, 1.54) is 0 Å². The molecule has 0 radical (unpaired) electrons. The smallest absolute Gasteiger partial charge is 0.331 e. The lowest BCUT2D eigenvalue weighted by Gasteiger charge is -2.29. The van der Waals surface area contributed by atoms with Gasteiger partial charge in [0.2, 0.25) is 0 Å². The van der Waals surface area contributed by atoms with Crippen molar-refractivity contribution in [3.8, 4) is 0 Å². The van der Waals surface area contributed by atoms with E-state index in [1.54, 1.807) is 60.7 Å². The SMILES string of the molecule is N/C(=N/[N+](=O)[O-])NCCCC(N)(C(=O)O)C(=O)C(c1ccccc1)c1ccccc1. The van der Waals surface area contributed by atoms with Crippen molar-refractivity contribution >= 4 is 17.7 Å². The van der Waals surface area contributed by atoms with Crippen LogP contribution in [0.25, 0.3) is 0 Å². The molecule has 0 saturated carbocycles. The van der Waals surface area contributed by atoms with Crippen molar-refractivity contribution in [2.45, 2.75) is 24.3 Å². The van der Waals surface area contributed by atoms with Gasteiger partial charge in [0.05, 0.1) is 5.92 Å². The van der Waals surface area contributed by atoms with Crippen molar-refractivity contribution in [1.29, 1.82) is 0 Å². The van der Waals surface area contributed by atoms with Crippen molar-refractivity contribution < 1.29 is 19.7 Å². The number of rotatable bonds is 10. The van der Waals surface area contributed by atoms with Gasteiger partial charge in [0.15, 0.2) is 16.4 Å². The second-order valence-electron chi connectivity index (χ2n) is 6.65. The molecule has 1 atom stereocenters. The van der Waals surface area contributed by atoms with Crippen LogP contribution in [-0.4, -0.2) is 39.9 Å². The van der Waals surface area contributed by atoms with E-state index in [1.807, 2.05) is 0 Å². The minimum atomic E-state index is -2.16. The van der Waals surface area contributed by atoms with Gasteiger partial charge in [-0.1, -0.05) is 60.7 Å². The molecule has 2 aromatic carbocycles. The number of carboxylic acids is 1. The number of ketones is 1. The van der Waals surface area contributed by atoms with Gasteiger partial charge >= 0.3 is 5.97 Å². The van der Waals surface area contributed by atoms with Crippen molar-refractivity contribution in [3.05, 3.63) is 81.9 Å². The van der Waals surface area contributed by atoms with E-state index in [0.717, 1.165) is 0 Å². The number of aliphatic carboxylic acids is 1. The molecule has 0 aliphatic rings. The Morgan fingerprint density at radius 3 is 2.03 bits per heavy atom. The summed E-state index contributed by atoms with van der Waals surface area (Å²) in [6, 6.07) is 17.6. The maximum Gasteiger partial charge on any atom is 0.331 e. The molecule has 10 heteroatoms. The number of nitrogens with two attached hydrogens (primary N) is 2. The fourth-order valence-electron chi connectivity index (χ4n) is 3.09. The van der Waals surface area contributed by atoms with E-state index in [9.17, 15) is 24.8 Å². The molecule has 158 valence electrons. The molecule has 0 aliphatic heterocycles. The average Bonchev–Trinajstić information content (AvgIpc) is 2.72. The van der Waals surface area contributed by atoms with E-state index >= 15 is 0 Å². The summed E-state index contributed by atoms with van der Waals surface area (Å²) in [5.74, 6) is -3.38. The molecule has 30 heavy (non-hydrogen) atoms. The fraction of sp³-hybridized carbons (Fsp3) is 0.250. The van der Waals surface area contributed by atoms with Crippen LogP contribution < -0.4 is 16.8 Å². The lowest BCUT2D eigenvalue weighted by Crippen LogP contribution is -2.57. The Kier molecular flexibility index (Phi) is 7.59. The maximum atomic E-state index is 13.4. The van der Waals surface area contributed by atoms with Gasteiger partial charge in [-0.3, -0.25) is 4.79 Å². The largest absolute Gasteiger partial charge is 0.480 e. The molecule has 1 unspecified atom stereocenters. The highest BCUT2D eigenvalue weighted by atomic mass is 16.7. The molecule has 6 N–H and O–H groups in total. The first-order valence-electron chi connectivity index (χ1n) is 9.14. The number of carbonyl (C=O) groups is 2. The first-order chi connectivity index (χ1) is 14.3. The Hall–Kier alpha value is -3.79. The Morgan fingerprint density at radius 1 is 1.10 bits per heavy atom. The van der Waals surface area contributed by atoms with Crippen molar-refractivity contribution in [1.82, 2.24) is 5.32 Å². The summed E-state index contributed by atoms with van der Waals surface area (Å²) in [5.41, 5.74) is 10.5. The molecule has 2 aromatic rings. The summed E-state index contributed by atoms with van der Waals surface area (Å²) in [6.45, 7) is 0.0595. The highest BCUT2D eigenvalue weighted by Gasteiger charge is 2.45. The number of carbonyl (C=O) groups excluding carboxylic acids is 1. The van der Waals surface area contributed by atoms with Crippen LogP contribution in [0, 0.1) is 10.1 Å². The quantitative estimate of drug-likeness (QED) is 0.112. The van der Waals surface area contributed by atoms with Crippen LogP contribution in [-0.2, 0) is 9.59 Å². The van der Waals surface area contributed by atoms with Crippen LogP contribution in [0.15, 0.2) is 65.8 Å². The molecule has 10 nitrogen and oxygen atoms in total. The molecule has 0 aliphatic carbocycles. The highest BCUT2D eigenvalue weighted by molar-refractivity contribution is 6.11. The number of nitrogens with zero attached hydrogens (tertiary/aromatic N) is 2. The van der Waals surface area contributed by atoms with Crippen LogP contribution in [0.1, 0.15) is 29.9 Å². The summed E-state index contributed by atoms with van der Waals surface area (Å²) in [6.07, 6.45) is -0.0746. The minimum Gasteiger partial charge on any atom is -0.480 e. The van der Waals surface area contributed by atoms with E-state index in [-0.39, 0.29) is 19.4 Å². The zero-order chi connectivity index (χ0) is 22.1. The van der Waals surface area contributed by atoms with Crippen LogP contribution in [0.2, 0.25) is 0 Å². The summed E-state index contributed by atoms with van der Waals surface area (Å²) in [4.78, 5) is 35.7. The van der Waals surface area contributed by atoms with E-state index < -0.39 is 34.2 Å². The number of benzene rings is 2.